The summed E-state index contributed by atoms with van der Waals surface area (Å²) in [5.74, 6) is 2.25. The van der Waals surface area contributed by atoms with Gasteiger partial charge in [-0.05, 0) is 32.4 Å². The summed E-state index contributed by atoms with van der Waals surface area (Å²) in [5, 5.41) is 3.08. The van der Waals surface area contributed by atoms with Gasteiger partial charge in [0.1, 0.15) is 11.5 Å². The maximum atomic E-state index is 5.70. The smallest absolute Gasteiger partial charge is 0.189 e. The standard InChI is InChI=1S/C11H19N3O/c1-4-7-13-11(12)14-9(3)10-6-5-8(2)15-10/h5-6,9H,4,7H2,1-3H3,(H3,12,13,14). The summed E-state index contributed by atoms with van der Waals surface area (Å²) in [6.07, 6.45) is 0.997. The van der Waals surface area contributed by atoms with Crippen LogP contribution in [0.4, 0.5) is 0 Å². The first-order valence-corrected chi connectivity index (χ1v) is 5.26. The largest absolute Gasteiger partial charge is 0.464 e. The van der Waals surface area contributed by atoms with E-state index in [4.69, 9.17) is 10.2 Å². The molecule has 1 aromatic rings. The number of nitrogens with one attached hydrogen (secondary N) is 1. The summed E-state index contributed by atoms with van der Waals surface area (Å²) in [6, 6.07) is 3.94. The van der Waals surface area contributed by atoms with Crippen molar-refractivity contribution in [1.82, 2.24) is 5.32 Å². The van der Waals surface area contributed by atoms with Crippen molar-refractivity contribution in [1.29, 1.82) is 0 Å². The summed E-state index contributed by atoms with van der Waals surface area (Å²) >= 11 is 0. The van der Waals surface area contributed by atoms with E-state index in [1.807, 2.05) is 26.0 Å². The molecule has 84 valence electrons. The van der Waals surface area contributed by atoms with Crippen molar-refractivity contribution in [3.63, 3.8) is 0 Å². The Labute approximate surface area is 90.6 Å². The summed E-state index contributed by atoms with van der Waals surface area (Å²) in [4.78, 5) is 4.16. The maximum absolute atomic E-state index is 5.70. The van der Waals surface area contributed by atoms with E-state index in [1.165, 1.54) is 0 Å². The van der Waals surface area contributed by atoms with Gasteiger partial charge in [-0.2, -0.15) is 0 Å². The van der Waals surface area contributed by atoms with Crippen molar-refractivity contribution in [3.05, 3.63) is 23.7 Å². The van der Waals surface area contributed by atoms with E-state index >= 15 is 0 Å². The molecule has 4 heteroatoms. The van der Waals surface area contributed by atoms with Gasteiger partial charge in [-0.1, -0.05) is 6.92 Å². The average molecular weight is 209 g/mol. The minimum absolute atomic E-state index is 0.0549. The van der Waals surface area contributed by atoms with E-state index in [1.54, 1.807) is 0 Å². The lowest BCUT2D eigenvalue weighted by molar-refractivity contribution is 0.442. The molecule has 1 aromatic heterocycles. The van der Waals surface area contributed by atoms with Crippen LogP contribution in [0.2, 0.25) is 0 Å². The number of hydrogen-bond donors (Lipinski definition) is 2. The summed E-state index contributed by atoms with van der Waals surface area (Å²) < 4.78 is 5.48. The van der Waals surface area contributed by atoms with Gasteiger partial charge < -0.3 is 15.5 Å². The van der Waals surface area contributed by atoms with Gasteiger partial charge in [0.15, 0.2) is 5.96 Å². The second-order valence-corrected chi connectivity index (χ2v) is 3.58. The molecule has 1 unspecified atom stereocenters. The molecule has 1 heterocycles. The molecular weight excluding hydrogens is 190 g/mol. The normalized spacial score (nSPS) is 13.9. The van der Waals surface area contributed by atoms with Gasteiger partial charge in [0.25, 0.3) is 0 Å². The predicted molar refractivity (Wildman–Crippen MR) is 61.8 cm³/mol. The number of nitrogens with two attached hydrogens (primary N) is 1. The highest BCUT2D eigenvalue weighted by atomic mass is 16.3. The summed E-state index contributed by atoms with van der Waals surface area (Å²) in [7, 11) is 0. The third-order valence-corrected chi connectivity index (χ3v) is 2.06. The third kappa shape index (κ3) is 3.65. The average Bonchev–Trinajstić information content (AvgIpc) is 2.61. The molecule has 0 spiro atoms. The van der Waals surface area contributed by atoms with Crippen LogP contribution in [0.25, 0.3) is 0 Å². The van der Waals surface area contributed by atoms with E-state index in [0.29, 0.717) is 5.96 Å². The zero-order valence-corrected chi connectivity index (χ0v) is 9.58. The van der Waals surface area contributed by atoms with E-state index in [0.717, 1.165) is 24.5 Å². The highest BCUT2D eigenvalue weighted by Crippen LogP contribution is 2.14. The summed E-state index contributed by atoms with van der Waals surface area (Å²) in [5.41, 5.74) is 5.70. The van der Waals surface area contributed by atoms with Crippen LogP contribution in [-0.2, 0) is 0 Å². The Kier molecular flexibility index (Phi) is 4.21. The molecule has 15 heavy (non-hydrogen) atoms. The van der Waals surface area contributed by atoms with Crippen molar-refractivity contribution in [2.24, 2.45) is 10.7 Å². The van der Waals surface area contributed by atoms with Crippen LogP contribution in [0.1, 0.15) is 37.8 Å². The molecule has 0 fully saturated rings. The highest BCUT2D eigenvalue weighted by molar-refractivity contribution is 5.78. The molecule has 0 aliphatic heterocycles. The third-order valence-electron chi connectivity index (χ3n) is 2.06. The number of furan rings is 1. The SMILES string of the molecule is CCCN=C(N)NC(C)c1ccc(C)o1. The van der Waals surface area contributed by atoms with Crippen molar-refractivity contribution in [2.45, 2.75) is 33.2 Å². The Morgan fingerprint density at radius 3 is 2.87 bits per heavy atom. The van der Waals surface area contributed by atoms with Crippen LogP contribution >= 0.6 is 0 Å². The number of rotatable bonds is 4. The second-order valence-electron chi connectivity index (χ2n) is 3.58. The topological polar surface area (TPSA) is 63.5 Å². The molecular formula is C11H19N3O. The maximum Gasteiger partial charge on any atom is 0.189 e. The van der Waals surface area contributed by atoms with Crippen LogP contribution in [-0.4, -0.2) is 12.5 Å². The molecule has 1 atom stereocenters. The minimum Gasteiger partial charge on any atom is -0.464 e. The number of guanidine groups is 1. The quantitative estimate of drug-likeness (QED) is 0.588. The van der Waals surface area contributed by atoms with Crippen molar-refractivity contribution in [3.8, 4) is 0 Å². The zero-order chi connectivity index (χ0) is 11.3. The monoisotopic (exact) mass is 209 g/mol. The van der Waals surface area contributed by atoms with Crippen LogP contribution in [0.5, 0.6) is 0 Å². The van der Waals surface area contributed by atoms with Crippen LogP contribution in [0.15, 0.2) is 21.5 Å². The number of aryl methyl sites for hydroxylation is 1. The molecule has 0 radical (unpaired) electrons. The molecule has 0 saturated heterocycles. The number of aliphatic imine (C=N–C) groups is 1. The fourth-order valence-corrected chi connectivity index (χ4v) is 1.26. The Balaban J connectivity index is 2.52. The molecule has 0 amide bonds. The van der Waals surface area contributed by atoms with E-state index in [2.05, 4.69) is 17.2 Å². The number of hydrogen-bond acceptors (Lipinski definition) is 2. The van der Waals surface area contributed by atoms with Crippen molar-refractivity contribution >= 4 is 5.96 Å². The lowest BCUT2D eigenvalue weighted by atomic mass is 10.2. The van der Waals surface area contributed by atoms with Gasteiger partial charge in [-0.3, -0.25) is 4.99 Å². The van der Waals surface area contributed by atoms with E-state index in [-0.39, 0.29) is 6.04 Å². The van der Waals surface area contributed by atoms with Crippen LogP contribution < -0.4 is 11.1 Å². The molecule has 0 saturated carbocycles. The molecule has 0 aliphatic rings. The van der Waals surface area contributed by atoms with Gasteiger partial charge in [0.2, 0.25) is 0 Å². The Hall–Kier alpha value is -1.45. The first-order valence-electron chi connectivity index (χ1n) is 5.26. The van der Waals surface area contributed by atoms with Gasteiger partial charge >= 0.3 is 0 Å². The van der Waals surface area contributed by atoms with Gasteiger partial charge in [0.05, 0.1) is 6.04 Å². The van der Waals surface area contributed by atoms with Crippen molar-refractivity contribution in [2.75, 3.05) is 6.54 Å². The van der Waals surface area contributed by atoms with Gasteiger partial charge in [0, 0.05) is 6.54 Å². The Morgan fingerprint density at radius 2 is 2.33 bits per heavy atom. The highest BCUT2D eigenvalue weighted by Gasteiger charge is 2.09. The second kappa shape index (κ2) is 5.44. The lowest BCUT2D eigenvalue weighted by Gasteiger charge is -2.11. The fourth-order valence-electron chi connectivity index (χ4n) is 1.26. The van der Waals surface area contributed by atoms with Crippen LogP contribution in [0.3, 0.4) is 0 Å². The molecule has 0 bridgehead atoms. The Bertz CT molecular complexity index is 330. The van der Waals surface area contributed by atoms with Gasteiger partial charge in [-0.15, -0.1) is 0 Å². The fraction of sp³-hybridized carbons (Fsp3) is 0.545. The van der Waals surface area contributed by atoms with Gasteiger partial charge in [-0.25, -0.2) is 0 Å². The molecule has 0 aromatic carbocycles. The first kappa shape index (κ1) is 11.6. The number of nitrogens with zero attached hydrogens (tertiary/aromatic N) is 1. The Morgan fingerprint density at radius 1 is 1.60 bits per heavy atom. The minimum atomic E-state index is 0.0549. The van der Waals surface area contributed by atoms with Crippen LogP contribution in [0, 0.1) is 6.92 Å². The molecule has 1 rings (SSSR count). The molecule has 3 N–H and O–H groups in total. The molecule has 4 nitrogen and oxygen atoms in total. The first-order chi connectivity index (χ1) is 7.13. The predicted octanol–water partition coefficient (Wildman–Crippen LogP) is 1.96. The van der Waals surface area contributed by atoms with E-state index in [9.17, 15) is 0 Å². The van der Waals surface area contributed by atoms with E-state index < -0.39 is 0 Å². The lowest BCUT2D eigenvalue weighted by Crippen LogP contribution is -2.33. The summed E-state index contributed by atoms with van der Waals surface area (Å²) in [6.45, 7) is 6.73. The zero-order valence-electron chi connectivity index (χ0n) is 9.58. The van der Waals surface area contributed by atoms with Crippen molar-refractivity contribution < 1.29 is 4.42 Å². The molecule has 0 aliphatic carbocycles.